The standard InChI is InChI=1S/C25H33NO2/c1-2-3-4-5-6-7-8-9-20-28-24-17-10-21(11-18-24)12-19-25(27)22-13-15-23(26)16-14-22/h10-19H,2-9,20,26H2,1H3. The molecule has 0 fully saturated rings. The minimum absolute atomic E-state index is 0.0324. The fraction of sp³-hybridized carbons (Fsp3) is 0.400. The van der Waals surface area contributed by atoms with E-state index in [1.165, 1.54) is 44.9 Å². The van der Waals surface area contributed by atoms with E-state index in [0.717, 1.165) is 24.3 Å². The Morgan fingerprint density at radius 2 is 1.46 bits per heavy atom. The lowest BCUT2D eigenvalue weighted by molar-refractivity contribution is 0.104. The third-order valence-corrected chi connectivity index (χ3v) is 4.77. The molecule has 3 heteroatoms. The number of carbonyl (C=O) groups is 1. The molecular formula is C25H33NO2. The number of rotatable bonds is 13. The Labute approximate surface area is 169 Å². The smallest absolute Gasteiger partial charge is 0.185 e. The number of anilines is 1. The lowest BCUT2D eigenvalue weighted by Crippen LogP contribution is -1.97. The Hall–Kier alpha value is -2.55. The third kappa shape index (κ3) is 8.43. The van der Waals surface area contributed by atoms with Crippen molar-refractivity contribution >= 4 is 17.5 Å². The molecule has 0 saturated heterocycles. The van der Waals surface area contributed by atoms with Crippen molar-refractivity contribution in [1.29, 1.82) is 0 Å². The first-order valence-electron chi connectivity index (χ1n) is 10.5. The van der Waals surface area contributed by atoms with Gasteiger partial charge in [-0.2, -0.15) is 0 Å². The minimum atomic E-state index is -0.0324. The molecule has 0 heterocycles. The Morgan fingerprint density at radius 1 is 0.857 bits per heavy atom. The Balaban J connectivity index is 1.66. The second kappa shape index (κ2) is 12.8. The zero-order valence-corrected chi connectivity index (χ0v) is 17.0. The van der Waals surface area contributed by atoms with Crippen LogP contribution in [0.3, 0.4) is 0 Å². The van der Waals surface area contributed by atoms with Crippen LogP contribution >= 0.6 is 0 Å². The van der Waals surface area contributed by atoms with E-state index in [4.69, 9.17) is 10.5 Å². The monoisotopic (exact) mass is 379 g/mol. The average molecular weight is 380 g/mol. The second-order valence-electron chi connectivity index (χ2n) is 7.21. The Bertz CT molecular complexity index is 717. The number of nitrogen functional groups attached to an aromatic ring is 1. The van der Waals surface area contributed by atoms with Crippen molar-refractivity contribution in [2.75, 3.05) is 12.3 Å². The summed E-state index contributed by atoms with van der Waals surface area (Å²) in [6.07, 6.45) is 13.8. The van der Waals surface area contributed by atoms with Gasteiger partial charge in [0.05, 0.1) is 6.61 Å². The predicted octanol–water partition coefficient (Wildman–Crippen LogP) is 6.68. The summed E-state index contributed by atoms with van der Waals surface area (Å²) in [6, 6.07) is 14.8. The first-order chi connectivity index (χ1) is 13.7. The molecule has 150 valence electrons. The second-order valence-corrected chi connectivity index (χ2v) is 7.21. The first-order valence-corrected chi connectivity index (χ1v) is 10.5. The topological polar surface area (TPSA) is 52.3 Å². The number of nitrogens with two attached hydrogens (primary N) is 1. The van der Waals surface area contributed by atoms with Crippen LogP contribution in [0.15, 0.2) is 54.6 Å². The van der Waals surface area contributed by atoms with Crippen LogP contribution in [0.25, 0.3) is 6.08 Å². The van der Waals surface area contributed by atoms with Crippen molar-refractivity contribution in [3.8, 4) is 5.75 Å². The summed E-state index contributed by atoms with van der Waals surface area (Å²) in [6.45, 7) is 3.01. The number of hydrogen-bond donors (Lipinski definition) is 1. The largest absolute Gasteiger partial charge is 0.494 e. The zero-order chi connectivity index (χ0) is 20.0. The van der Waals surface area contributed by atoms with Crippen molar-refractivity contribution in [2.24, 2.45) is 0 Å². The van der Waals surface area contributed by atoms with E-state index in [0.29, 0.717) is 11.3 Å². The molecule has 28 heavy (non-hydrogen) atoms. The number of ether oxygens (including phenoxy) is 1. The summed E-state index contributed by atoms with van der Waals surface area (Å²) < 4.78 is 5.81. The molecule has 0 amide bonds. The molecule has 0 aliphatic carbocycles. The van der Waals surface area contributed by atoms with E-state index in [1.54, 1.807) is 30.3 Å². The number of hydrogen-bond acceptors (Lipinski definition) is 3. The predicted molar refractivity (Wildman–Crippen MR) is 119 cm³/mol. The lowest BCUT2D eigenvalue weighted by atomic mass is 10.1. The van der Waals surface area contributed by atoms with E-state index < -0.39 is 0 Å². The molecule has 2 aromatic rings. The van der Waals surface area contributed by atoms with Gasteiger partial charge in [-0.3, -0.25) is 4.79 Å². The summed E-state index contributed by atoms with van der Waals surface area (Å²) in [5.74, 6) is 0.847. The van der Waals surface area contributed by atoms with Crippen molar-refractivity contribution in [1.82, 2.24) is 0 Å². The van der Waals surface area contributed by atoms with Crippen molar-refractivity contribution in [3.05, 3.63) is 65.7 Å². The van der Waals surface area contributed by atoms with E-state index in [9.17, 15) is 4.79 Å². The van der Waals surface area contributed by atoms with Crippen molar-refractivity contribution in [2.45, 2.75) is 58.3 Å². The number of ketones is 1. The third-order valence-electron chi connectivity index (χ3n) is 4.77. The molecular weight excluding hydrogens is 346 g/mol. The van der Waals surface area contributed by atoms with Crippen LogP contribution in [-0.2, 0) is 0 Å². The molecule has 0 radical (unpaired) electrons. The molecule has 0 bridgehead atoms. The van der Waals surface area contributed by atoms with Crippen LogP contribution < -0.4 is 10.5 Å². The van der Waals surface area contributed by atoms with Crippen LogP contribution in [-0.4, -0.2) is 12.4 Å². The van der Waals surface area contributed by atoms with Gasteiger partial charge in [-0.25, -0.2) is 0 Å². The van der Waals surface area contributed by atoms with Gasteiger partial charge < -0.3 is 10.5 Å². The minimum Gasteiger partial charge on any atom is -0.494 e. The van der Waals surface area contributed by atoms with Crippen LogP contribution in [0, 0.1) is 0 Å². The number of allylic oxidation sites excluding steroid dienone is 1. The van der Waals surface area contributed by atoms with Crippen LogP contribution in [0.1, 0.15) is 74.2 Å². The summed E-state index contributed by atoms with van der Waals surface area (Å²) in [4.78, 5) is 12.1. The summed E-state index contributed by atoms with van der Waals surface area (Å²) >= 11 is 0. The summed E-state index contributed by atoms with van der Waals surface area (Å²) in [5, 5.41) is 0. The first kappa shape index (κ1) is 21.7. The highest BCUT2D eigenvalue weighted by Crippen LogP contribution is 2.15. The highest BCUT2D eigenvalue weighted by Gasteiger charge is 2.01. The highest BCUT2D eigenvalue weighted by atomic mass is 16.5. The molecule has 2 N–H and O–H groups in total. The highest BCUT2D eigenvalue weighted by molar-refractivity contribution is 6.06. The molecule has 0 aliphatic rings. The number of carbonyl (C=O) groups excluding carboxylic acids is 1. The van der Waals surface area contributed by atoms with E-state index in [1.807, 2.05) is 30.3 Å². The summed E-state index contributed by atoms with van der Waals surface area (Å²) in [7, 11) is 0. The van der Waals surface area contributed by atoms with E-state index in [2.05, 4.69) is 6.92 Å². The molecule has 0 aliphatic heterocycles. The van der Waals surface area contributed by atoms with Gasteiger partial charge in [0.1, 0.15) is 5.75 Å². The van der Waals surface area contributed by atoms with Gasteiger partial charge in [0.2, 0.25) is 0 Å². The number of unbranched alkanes of at least 4 members (excludes halogenated alkanes) is 7. The Morgan fingerprint density at radius 3 is 2.11 bits per heavy atom. The van der Waals surface area contributed by atoms with Gasteiger partial charge in [0.15, 0.2) is 5.78 Å². The van der Waals surface area contributed by atoms with Crippen molar-refractivity contribution in [3.63, 3.8) is 0 Å². The Kier molecular flexibility index (Phi) is 9.92. The van der Waals surface area contributed by atoms with Crippen molar-refractivity contribution < 1.29 is 9.53 Å². The summed E-state index contributed by atoms with van der Waals surface area (Å²) in [5.41, 5.74) is 7.91. The molecule has 0 spiro atoms. The molecule has 0 saturated carbocycles. The maximum atomic E-state index is 12.1. The zero-order valence-electron chi connectivity index (χ0n) is 17.0. The molecule has 0 atom stereocenters. The van der Waals surface area contributed by atoms with Gasteiger partial charge in [-0.1, -0.05) is 70.1 Å². The normalized spacial score (nSPS) is 11.0. The maximum absolute atomic E-state index is 12.1. The molecule has 2 rings (SSSR count). The molecule has 2 aromatic carbocycles. The van der Waals surface area contributed by atoms with Crippen LogP contribution in [0.5, 0.6) is 5.75 Å². The van der Waals surface area contributed by atoms with Crippen LogP contribution in [0.4, 0.5) is 5.69 Å². The van der Waals surface area contributed by atoms with Gasteiger partial charge >= 0.3 is 0 Å². The maximum Gasteiger partial charge on any atom is 0.185 e. The number of benzene rings is 2. The van der Waals surface area contributed by atoms with Gasteiger partial charge in [-0.05, 0) is 54.5 Å². The van der Waals surface area contributed by atoms with Gasteiger partial charge in [0.25, 0.3) is 0 Å². The quantitative estimate of drug-likeness (QED) is 0.183. The van der Waals surface area contributed by atoms with E-state index in [-0.39, 0.29) is 5.78 Å². The van der Waals surface area contributed by atoms with Crippen LogP contribution in [0.2, 0.25) is 0 Å². The van der Waals surface area contributed by atoms with Gasteiger partial charge in [-0.15, -0.1) is 0 Å². The molecule has 3 nitrogen and oxygen atoms in total. The average Bonchev–Trinajstić information content (AvgIpc) is 2.72. The lowest BCUT2D eigenvalue weighted by Gasteiger charge is -2.06. The fourth-order valence-electron chi connectivity index (χ4n) is 3.02. The van der Waals surface area contributed by atoms with Gasteiger partial charge in [0, 0.05) is 11.3 Å². The van der Waals surface area contributed by atoms with E-state index >= 15 is 0 Å². The SMILES string of the molecule is CCCCCCCCCCOc1ccc(C=CC(=O)c2ccc(N)cc2)cc1. The molecule has 0 unspecified atom stereocenters. The molecule has 0 aromatic heterocycles. The fourth-order valence-corrected chi connectivity index (χ4v) is 3.02.